The number of allylic oxidation sites excluding steroid dienone is 2. The van der Waals surface area contributed by atoms with Gasteiger partial charge in [0.05, 0.1) is 0 Å². The lowest BCUT2D eigenvalue weighted by molar-refractivity contribution is 0.0391. The number of rotatable bonds is 26. The minimum atomic E-state index is 0.222. The van der Waals surface area contributed by atoms with Crippen LogP contribution in [0.15, 0.2) is 24.3 Å². The van der Waals surface area contributed by atoms with Crippen LogP contribution in [0.4, 0.5) is 0 Å². The number of hydrogen-bond donors (Lipinski definition) is 0. The van der Waals surface area contributed by atoms with E-state index in [1.807, 2.05) is 0 Å². The van der Waals surface area contributed by atoms with Crippen LogP contribution in [0.5, 0.6) is 0 Å². The summed E-state index contributed by atoms with van der Waals surface area (Å²) in [6, 6.07) is 0. The summed E-state index contributed by atoms with van der Waals surface area (Å²) in [4.78, 5) is 5.13. The zero-order valence-electron chi connectivity index (χ0n) is 27.5. The Balaban J connectivity index is 1.61. The first-order valence-corrected chi connectivity index (χ1v) is 18.0. The van der Waals surface area contributed by atoms with Crippen LogP contribution >= 0.6 is 0 Å². The van der Waals surface area contributed by atoms with Crippen LogP contribution in [-0.2, 0) is 4.74 Å². The Morgan fingerprint density at radius 2 is 1.25 bits per heavy atom. The van der Waals surface area contributed by atoms with Gasteiger partial charge < -0.3 is 9.64 Å². The van der Waals surface area contributed by atoms with Gasteiger partial charge in [-0.3, -0.25) is 4.90 Å². The molecule has 2 rings (SSSR count). The largest absolute Gasteiger partial charge is 0.381 e. The average Bonchev–Trinajstić information content (AvgIpc) is 2.97. The van der Waals surface area contributed by atoms with E-state index < -0.39 is 0 Å². The summed E-state index contributed by atoms with van der Waals surface area (Å²) < 4.78 is 6.14. The highest BCUT2D eigenvalue weighted by Crippen LogP contribution is 2.39. The highest BCUT2D eigenvalue weighted by atomic mass is 16.5. The molecule has 1 aliphatic carbocycles. The number of nitrogens with zero attached hydrogens (tertiary/aromatic N) is 2. The van der Waals surface area contributed by atoms with Crippen LogP contribution in [-0.4, -0.2) is 62.3 Å². The van der Waals surface area contributed by atoms with Gasteiger partial charge in [-0.15, -0.1) is 0 Å². The Morgan fingerprint density at radius 3 is 1.82 bits per heavy atom. The molecule has 0 radical (unpaired) electrons. The van der Waals surface area contributed by atoms with E-state index in [0.717, 1.165) is 26.2 Å². The topological polar surface area (TPSA) is 15.7 Å². The quantitative estimate of drug-likeness (QED) is 0.0982. The first-order chi connectivity index (χ1) is 19.7. The molecule has 234 valence electrons. The highest BCUT2D eigenvalue weighted by Gasteiger charge is 2.41. The van der Waals surface area contributed by atoms with Crippen molar-refractivity contribution in [2.45, 2.75) is 160 Å². The van der Waals surface area contributed by atoms with Crippen molar-refractivity contribution in [2.24, 2.45) is 5.92 Å². The van der Waals surface area contributed by atoms with Gasteiger partial charge in [0.15, 0.2) is 0 Å². The van der Waals surface area contributed by atoms with Gasteiger partial charge in [-0.05, 0) is 72.3 Å². The van der Waals surface area contributed by atoms with Crippen molar-refractivity contribution in [1.82, 2.24) is 9.80 Å². The predicted molar refractivity (Wildman–Crippen MR) is 177 cm³/mol. The second-order valence-corrected chi connectivity index (χ2v) is 13.4. The maximum absolute atomic E-state index is 6.14. The summed E-state index contributed by atoms with van der Waals surface area (Å²) in [5.41, 5.74) is 0.222. The van der Waals surface area contributed by atoms with Gasteiger partial charge in [-0.2, -0.15) is 0 Å². The predicted octanol–water partition coefficient (Wildman–Crippen LogP) is 10.4. The Labute approximate surface area is 251 Å². The summed E-state index contributed by atoms with van der Waals surface area (Å²) in [6.45, 7) is 7.84. The SMILES string of the molecule is CCCCCCCCCCCCCCCCCCC1(N2CCCCC2)C=CC=CC1CCOCCCCN(C)C. The Hall–Kier alpha value is -0.640. The van der Waals surface area contributed by atoms with Gasteiger partial charge >= 0.3 is 0 Å². The molecule has 1 aliphatic heterocycles. The van der Waals surface area contributed by atoms with Gasteiger partial charge in [-0.25, -0.2) is 0 Å². The van der Waals surface area contributed by atoms with Crippen molar-refractivity contribution >= 4 is 0 Å². The molecule has 0 aromatic carbocycles. The Bertz CT molecular complexity index is 624. The van der Waals surface area contributed by atoms with E-state index in [0.29, 0.717) is 5.92 Å². The van der Waals surface area contributed by atoms with E-state index in [1.54, 1.807) is 0 Å². The van der Waals surface area contributed by atoms with E-state index in [2.05, 4.69) is 55.1 Å². The first kappa shape index (κ1) is 35.6. The van der Waals surface area contributed by atoms with Crippen LogP contribution in [0, 0.1) is 5.92 Å². The number of likely N-dealkylation sites (tertiary alicyclic amines) is 1. The minimum absolute atomic E-state index is 0.222. The van der Waals surface area contributed by atoms with Crippen molar-refractivity contribution in [2.75, 3.05) is 46.9 Å². The molecular weight excluding hydrogens is 488 g/mol. The molecule has 1 heterocycles. The van der Waals surface area contributed by atoms with Gasteiger partial charge in [0, 0.05) is 24.7 Å². The highest BCUT2D eigenvalue weighted by molar-refractivity contribution is 5.25. The molecule has 0 amide bonds. The van der Waals surface area contributed by atoms with Crippen LogP contribution in [0.25, 0.3) is 0 Å². The number of ether oxygens (including phenoxy) is 1. The molecule has 1 saturated heterocycles. The van der Waals surface area contributed by atoms with Crippen molar-refractivity contribution in [1.29, 1.82) is 0 Å². The molecular formula is C37H70N2O. The second-order valence-electron chi connectivity index (χ2n) is 13.4. The van der Waals surface area contributed by atoms with Crippen molar-refractivity contribution in [3.63, 3.8) is 0 Å². The second kappa shape index (κ2) is 23.9. The molecule has 40 heavy (non-hydrogen) atoms. The molecule has 0 aromatic rings. The van der Waals surface area contributed by atoms with Crippen LogP contribution < -0.4 is 0 Å². The zero-order chi connectivity index (χ0) is 28.6. The number of piperidine rings is 1. The molecule has 0 aromatic heterocycles. The van der Waals surface area contributed by atoms with E-state index in [9.17, 15) is 0 Å². The van der Waals surface area contributed by atoms with E-state index >= 15 is 0 Å². The lowest BCUT2D eigenvalue weighted by Gasteiger charge is -2.49. The third-order valence-corrected chi connectivity index (χ3v) is 9.57. The molecule has 0 spiro atoms. The van der Waals surface area contributed by atoms with E-state index in [1.165, 1.54) is 154 Å². The molecule has 1 fully saturated rings. The van der Waals surface area contributed by atoms with Gasteiger partial charge in [0.25, 0.3) is 0 Å². The number of hydrogen-bond acceptors (Lipinski definition) is 3. The van der Waals surface area contributed by atoms with Crippen LogP contribution in [0.2, 0.25) is 0 Å². The Morgan fingerprint density at radius 1 is 0.675 bits per heavy atom. The average molecular weight is 559 g/mol. The normalized spacial score (nSPS) is 21.6. The molecule has 0 N–H and O–H groups in total. The third-order valence-electron chi connectivity index (χ3n) is 9.57. The third kappa shape index (κ3) is 15.5. The number of unbranched alkanes of at least 4 members (excludes halogenated alkanes) is 16. The molecule has 0 saturated carbocycles. The Kier molecular flexibility index (Phi) is 21.2. The van der Waals surface area contributed by atoms with Gasteiger partial charge in [-0.1, -0.05) is 140 Å². The molecule has 2 aliphatic rings. The summed E-state index contributed by atoms with van der Waals surface area (Å²) in [7, 11) is 4.31. The van der Waals surface area contributed by atoms with Crippen molar-refractivity contribution < 1.29 is 4.74 Å². The summed E-state index contributed by atoms with van der Waals surface area (Å²) in [6.07, 6.45) is 41.8. The zero-order valence-corrected chi connectivity index (χ0v) is 27.5. The molecule has 3 heteroatoms. The van der Waals surface area contributed by atoms with Gasteiger partial charge in [0.2, 0.25) is 0 Å². The summed E-state index contributed by atoms with van der Waals surface area (Å²) >= 11 is 0. The minimum Gasteiger partial charge on any atom is -0.381 e. The smallest absolute Gasteiger partial charge is 0.0472 e. The molecule has 3 nitrogen and oxygen atoms in total. The van der Waals surface area contributed by atoms with Gasteiger partial charge in [0.1, 0.15) is 0 Å². The maximum Gasteiger partial charge on any atom is 0.0472 e. The molecule has 2 unspecified atom stereocenters. The maximum atomic E-state index is 6.14. The summed E-state index contributed by atoms with van der Waals surface area (Å²) in [5, 5.41) is 0. The van der Waals surface area contributed by atoms with Crippen LogP contribution in [0.3, 0.4) is 0 Å². The fraction of sp³-hybridized carbons (Fsp3) is 0.892. The van der Waals surface area contributed by atoms with Crippen molar-refractivity contribution in [3.8, 4) is 0 Å². The monoisotopic (exact) mass is 559 g/mol. The fourth-order valence-corrected chi connectivity index (χ4v) is 7.03. The summed E-state index contributed by atoms with van der Waals surface area (Å²) in [5.74, 6) is 0.591. The molecule has 2 atom stereocenters. The van der Waals surface area contributed by atoms with Crippen LogP contribution in [0.1, 0.15) is 155 Å². The standard InChI is InChI=1S/C37H70N2O/c1-4-5-6-7-8-9-10-11-12-13-14-15-16-17-18-21-29-37(39-32-23-19-24-33-39)30-22-20-27-36(37)28-35-40-34-26-25-31-38(2)3/h20,22,27,30,36H,4-19,21,23-26,28-29,31-35H2,1-3H3. The fourth-order valence-electron chi connectivity index (χ4n) is 7.03. The lowest BCUT2D eigenvalue weighted by Crippen LogP contribution is -2.54. The lowest BCUT2D eigenvalue weighted by atomic mass is 9.73. The van der Waals surface area contributed by atoms with E-state index in [4.69, 9.17) is 4.74 Å². The van der Waals surface area contributed by atoms with Crippen molar-refractivity contribution in [3.05, 3.63) is 24.3 Å². The molecule has 0 bridgehead atoms. The van der Waals surface area contributed by atoms with E-state index in [-0.39, 0.29) is 5.54 Å². The first-order valence-electron chi connectivity index (χ1n) is 18.0.